The first-order valence-electron chi connectivity index (χ1n) is 9.97. The first-order chi connectivity index (χ1) is 13.8. The van der Waals surface area contributed by atoms with Crippen LogP contribution in [-0.4, -0.2) is 59.4 Å². The maximum Gasteiger partial charge on any atom is 0.322 e. The molecule has 4 amide bonds. The summed E-state index contributed by atoms with van der Waals surface area (Å²) in [7, 11) is 0. The molecule has 11 heteroatoms. The molecule has 0 bridgehead atoms. The van der Waals surface area contributed by atoms with Gasteiger partial charge in [0.25, 0.3) is 0 Å². The van der Waals surface area contributed by atoms with Gasteiger partial charge in [-0.25, -0.2) is 0 Å². The quantitative estimate of drug-likeness (QED) is 0.200. The van der Waals surface area contributed by atoms with Crippen LogP contribution in [0.15, 0.2) is 0 Å². The molecule has 172 valence electrons. The van der Waals surface area contributed by atoms with Crippen molar-refractivity contribution in [1.29, 1.82) is 0 Å². The van der Waals surface area contributed by atoms with Crippen LogP contribution in [0, 0.1) is 11.8 Å². The smallest absolute Gasteiger partial charge is 0.322 e. The molecule has 3 atom stereocenters. The Balaban J connectivity index is 5.28. The minimum atomic E-state index is -1.26. The Morgan fingerprint density at radius 1 is 0.833 bits per heavy atom. The first-order valence-corrected chi connectivity index (χ1v) is 9.97. The largest absolute Gasteiger partial charge is 0.480 e. The molecule has 0 rings (SSSR count). The van der Waals surface area contributed by atoms with Crippen molar-refractivity contribution in [3.63, 3.8) is 0 Å². The van der Waals surface area contributed by atoms with Crippen LogP contribution in [0.3, 0.4) is 0 Å². The van der Waals surface area contributed by atoms with Crippen molar-refractivity contribution in [3.8, 4) is 0 Å². The number of carbonyl (C=O) groups is 5. The topological polar surface area (TPSA) is 194 Å². The van der Waals surface area contributed by atoms with Crippen LogP contribution < -0.4 is 27.4 Å². The van der Waals surface area contributed by atoms with Gasteiger partial charge in [-0.05, 0) is 31.1 Å². The van der Waals surface area contributed by atoms with Crippen LogP contribution in [-0.2, 0) is 24.0 Å². The molecule has 0 aromatic heterocycles. The Bertz CT molecular complexity index is 623. The summed E-state index contributed by atoms with van der Waals surface area (Å²) in [4.78, 5) is 59.1. The lowest BCUT2D eigenvalue weighted by Gasteiger charge is -2.25. The fourth-order valence-corrected chi connectivity index (χ4v) is 2.71. The van der Waals surface area contributed by atoms with Gasteiger partial charge in [-0.3, -0.25) is 24.0 Å². The number of carboxylic acids is 1. The molecule has 30 heavy (non-hydrogen) atoms. The van der Waals surface area contributed by atoms with Crippen molar-refractivity contribution in [2.24, 2.45) is 23.3 Å². The number of hydrogen-bond acceptors (Lipinski definition) is 6. The van der Waals surface area contributed by atoms with Crippen LogP contribution in [0.1, 0.15) is 53.4 Å². The third-order valence-corrected chi connectivity index (χ3v) is 4.13. The summed E-state index contributed by atoms with van der Waals surface area (Å²) in [6.45, 7) is 6.93. The molecule has 0 spiro atoms. The van der Waals surface area contributed by atoms with Gasteiger partial charge < -0.3 is 32.5 Å². The lowest BCUT2D eigenvalue weighted by atomic mass is 10.00. The molecule has 0 heterocycles. The van der Waals surface area contributed by atoms with E-state index in [4.69, 9.17) is 16.6 Å². The highest BCUT2D eigenvalue weighted by Crippen LogP contribution is 2.09. The van der Waals surface area contributed by atoms with E-state index in [2.05, 4.69) is 16.0 Å². The number of rotatable bonds is 14. The number of aliphatic carboxylic acids is 1. The number of primary amides is 1. The van der Waals surface area contributed by atoms with Crippen molar-refractivity contribution in [1.82, 2.24) is 16.0 Å². The average Bonchev–Trinajstić information content (AvgIpc) is 2.60. The molecular weight excluding hydrogens is 394 g/mol. The molecule has 11 nitrogen and oxygen atoms in total. The Kier molecular flexibility index (Phi) is 12.3. The molecule has 0 saturated heterocycles. The van der Waals surface area contributed by atoms with E-state index in [1.54, 1.807) is 0 Å². The summed E-state index contributed by atoms with van der Waals surface area (Å²) in [6.07, 6.45) is 0.444. The van der Waals surface area contributed by atoms with E-state index in [1.165, 1.54) is 0 Å². The highest BCUT2D eigenvalue weighted by Gasteiger charge is 2.29. The SMILES string of the molecule is CC(C)CC(N)C(=O)NC(CC(C)C)C(=O)NC(CCC(N)=O)C(=O)NCC(=O)O. The minimum absolute atomic E-state index is 0.0484. The number of carboxylic acid groups (broad SMARTS) is 1. The van der Waals surface area contributed by atoms with Gasteiger partial charge >= 0.3 is 5.97 Å². The third-order valence-electron chi connectivity index (χ3n) is 4.13. The molecule has 8 N–H and O–H groups in total. The predicted octanol–water partition coefficient (Wildman–Crippen LogP) is -1.16. The summed E-state index contributed by atoms with van der Waals surface area (Å²) in [5.41, 5.74) is 11.0. The molecule has 0 fully saturated rings. The van der Waals surface area contributed by atoms with Gasteiger partial charge in [0.15, 0.2) is 0 Å². The Labute approximate surface area is 176 Å². The lowest BCUT2D eigenvalue weighted by Crippen LogP contribution is -2.56. The summed E-state index contributed by atoms with van der Waals surface area (Å²) in [5, 5.41) is 16.0. The molecule has 0 aliphatic rings. The van der Waals surface area contributed by atoms with Gasteiger partial charge in [-0.2, -0.15) is 0 Å². The standard InChI is InChI=1S/C19H35N5O6/c1-10(2)7-12(20)17(28)24-14(8-11(3)4)19(30)23-13(5-6-15(21)25)18(29)22-9-16(26)27/h10-14H,5-9,20H2,1-4H3,(H2,21,25)(H,22,29)(H,23,30)(H,24,28)(H,26,27). The molecular formula is C19H35N5O6. The van der Waals surface area contributed by atoms with Crippen molar-refractivity contribution in [3.05, 3.63) is 0 Å². The molecule has 0 aliphatic carbocycles. The van der Waals surface area contributed by atoms with Gasteiger partial charge in [0.2, 0.25) is 23.6 Å². The zero-order valence-electron chi connectivity index (χ0n) is 18.1. The van der Waals surface area contributed by atoms with Gasteiger partial charge in [-0.1, -0.05) is 27.7 Å². The van der Waals surface area contributed by atoms with E-state index >= 15 is 0 Å². The second-order valence-electron chi connectivity index (χ2n) is 8.10. The van der Waals surface area contributed by atoms with Crippen LogP contribution in [0.2, 0.25) is 0 Å². The zero-order valence-corrected chi connectivity index (χ0v) is 18.1. The molecule has 0 aromatic carbocycles. The third kappa shape index (κ3) is 12.0. The normalized spacial score (nSPS) is 14.0. The van der Waals surface area contributed by atoms with E-state index in [9.17, 15) is 24.0 Å². The van der Waals surface area contributed by atoms with Crippen LogP contribution in [0.25, 0.3) is 0 Å². The van der Waals surface area contributed by atoms with Crippen LogP contribution >= 0.6 is 0 Å². The fourth-order valence-electron chi connectivity index (χ4n) is 2.71. The Morgan fingerprint density at radius 2 is 1.37 bits per heavy atom. The number of hydrogen-bond donors (Lipinski definition) is 6. The lowest BCUT2D eigenvalue weighted by molar-refractivity contribution is -0.138. The van der Waals surface area contributed by atoms with Crippen molar-refractivity contribution in [2.45, 2.75) is 71.5 Å². The monoisotopic (exact) mass is 429 g/mol. The Morgan fingerprint density at radius 3 is 1.83 bits per heavy atom. The number of carbonyl (C=O) groups excluding carboxylic acids is 4. The van der Waals surface area contributed by atoms with Crippen LogP contribution in [0.4, 0.5) is 0 Å². The van der Waals surface area contributed by atoms with E-state index in [0.29, 0.717) is 12.8 Å². The van der Waals surface area contributed by atoms with Crippen molar-refractivity contribution >= 4 is 29.6 Å². The number of nitrogens with two attached hydrogens (primary N) is 2. The van der Waals surface area contributed by atoms with E-state index in [1.807, 2.05) is 27.7 Å². The maximum absolute atomic E-state index is 12.8. The van der Waals surface area contributed by atoms with Crippen molar-refractivity contribution < 1.29 is 29.1 Å². The zero-order chi connectivity index (χ0) is 23.4. The van der Waals surface area contributed by atoms with Gasteiger partial charge in [0, 0.05) is 6.42 Å². The van der Waals surface area contributed by atoms with Crippen molar-refractivity contribution in [2.75, 3.05) is 6.54 Å². The summed E-state index contributed by atoms with van der Waals surface area (Å²) >= 11 is 0. The first kappa shape index (κ1) is 27.3. The van der Waals surface area contributed by atoms with E-state index < -0.39 is 54.3 Å². The van der Waals surface area contributed by atoms with Gasteiger partial charge in [-0.15, -0.1) is 0 Å². The average molecular weight is 430 g/mol. The molecule has 0 aromatic rings. The van der Waals surface area contributed by atoms with Crippen LogP contribution in [0.5, 0.6) is 0 Å². The summed E-state index contributed by atoms with van der Waals surface area (Å²) in [5.74, 6) is -3.56. The van der Waals surface area contributed by atoms with E-state index in [-0.39, 0.29) is 24.7 Å². The highest BCUT2D eigenvalue weighted by atomic mass is 16.4. The fraction of sp³-hybridized carbons (Fsp3) is 0.737. The van der Waals surface area contributed by atoms with E-state index in [0.717, 1.165) is 0 Å². The second-order valence-corrected chi connectivity index (χ2v) is 8.10. The maximum atomic E-state index is 12.8. The van der Waals surface area contributed by atoms with Gasteiger partial charge in [0.1, 0.15) is 18.6 Å². The summed E-state index contributed by atoms with van der Waals surface area (Å²) < 4.78 is 0. The predicted molar refractivity (Wildman–Crippen MR) is 110 cm³/mol. The highest BCUT2D eigenvalue weighted by molar-refractivity contribution is 5.93. The minimum Gasteiger partial charge on any atom is -0.480 e. The number of nitrogens with one attached hydrogen (secondary N) is 3. The molecule has 0 radical (unpaired) electrons. The molecule has 3 unspecified atom stereocenters. The second kappa shape index (κ2) is 13.5. The molecule has 0 aliphatic heterocycles. The van der Waals surface area contributed by atoms with Gasteiger partial charge in [0.05, 0.1) is 6.04 Å². The molecule has 0 saturated carbocycles. The summed E-state index contributed by atoms with van der Waals surface area (Å²) in [6, 6.07) is -2.91. The number of amides is 4. The Hall–Kier alpha value is -2.69.